The van der Waals surface area contributed by atoms with Crippen molar-refractivity contribution in [2.45, 2.75) is 13.0 Å². The van der Waals surface area contributed by atoms with Gasteiger partial charge in [0.05, 0.1) is 12.5 Å². The lowest BCUT2D eigenvalue weighted by molar-refractivity contribution is 0.305. The Labute approximate surface area is 119 Å². The van der Waals surface area contributed by atoms with Gasteiger partial charge in [0.1, 0.15) is 18.2 Å². The maximum absolute atomic E-state index is 13.2. The van der Waals surface area contributed by atoms with Crippen LogP contribution in [0, 0.1) is 17.1 Å². The first-order valence-corrected chi connectivity index (χ1v) is 6.50. The molecule has 0 fully saturated rings. The number of halogens is 2. The number of rotatable bonds is 4. The summed E-state index contributed by atoms with van der Waals surface area (Å²) in [7, 11) is 0. The Morgan fingerprint density at radius 1 is 1.11 bits per heavy atom. The number of hydrogen-bond donors (Lipinski definition) is 0. The Morgan fingerprint density at radius 2 is 1.84 bits per heavy atom. The summed E-state index contributed by atoms with van der Waals surface area (Å²) in [6.07, 6.45) is 0.386. The van der Waals surface area contributed by atoms with E-state index in [0.29, 0.717) is 23.2 Å². The highest BCUT2D eigenvalue weighted by Crippen LogP contribution is 2.18. The molecule has 0 aromatic heterocycles. The maximum atomic E-state index is 13.2. The smallest absolute Gasteiger partial charge is 0.124 e. The Balaban J connectivity index is 2.00. The van der Waals surface area contributed by atoms with Crippen LogP contribution in [-0.2, 0) is 13.0 Å². The van der Waals surface area contributed by atoms with Crippen LogP contribution >= 0.6 is 15.9 Å². The Morgan fingerprint density at radius 3 is 2.47 bits per heavy atom. The van der Waals surface area contributed by atoms with E-state index < -0.39 is 0 Å². The van der Waals surface area contributed by atoms with Gasteiger partial charge in [0.25, 0.3) is 0 Å². The molecule has 0 aliphatic heterocycles. The molecule has 0 amide bonds. The second-order valence-electron chi connectivity index (χ2n) is 4.05. The van der Waals surface area contributed by atoms with Crippen molar-refractivity contribution < 1.29 is 9.13 Å². The quantitative estimate of drug-likeness (QED) is 0.844. The summed E-state index contributed by atoms with van der Waals surface area (Å²) in [5, 5.41) is 8.57. The molecule has 0 aliphatic rings. The highest BCUT2D eigenvalue weighted by Gasteiger charge is 2.01. The first kappa shape index (κ1) is 13.6. The zero-order valence-electron chi connectivity index (χ0n) is 10.1. The average Bonchev–Trinajstić information content (AvgIpc) is 2.37. The second-order valence-corrected chi connectivity index (χ2v) is 4.96. The van der Waals surface area contributed by atoms with Gasteiger partial charge < -0.3 is 4.74 Å². The Bertz CT molecular complexity index is 584. The van der Waals surface area contributed by atoms with Gasteiger partial charge in [-0.15, -0.1) is 0 Å². The molecule has 0 aliphatic carbocycles. The highest BCUT2D eigenvalue weighted by molar-refractivity contribution is 9.10. The van der Waals surface area contributed by atoms with E-state index in [9.17, 15) is 4.39 Å². The largest absolute Gasteiger partial charge is 0.489 e. The summed E-state index contributed by atoms with van der Waals surface area (Å²) in [5.41, 5.74) is 1.70. The minimum absolute atomic E-state index is 0.294. The van der Waals surface area contributed by atoms with Crippen LogP contribution in [-0.4, -0.2) is 0 Å². The molecule has 0 unspecified atom stereocenters. The minimum atomic E-state index is -0.294. The molecule has 0 atom stereocenters. The number of hydrogen-bond acceptors (Lipinski definition) is 2. The van der Waals surface area contributed by atoms with Crippen LogP contribution in [0.5, 0.6) is 5.75 Å². The van der Waals surface area contributed by atoms with Crippen molar-refractivity contribution in [1.29, 1.82) is 5.26 Å². The second kappa shape index (κ2) is 6.35. The van der Waals surface area contributed by atoms with E-state index in [1.54, 1.807) is 12.1 Å². The summed E-state index contributed by atoms with van der Waals surface area (Å²) >= 11 is 3.24. The van der Waals surface area contributed by atoms with Gasteiger partial charge in [0.2, 0.25) is 0 Å². The number of benzene rings is 2. The minimum Gasteiger partial charge on any atom is -0.489 e. The third kappa shape index (κ3) is 4.08. The number of nitriles is 1. The van der Waals surface area contributed by atoms with Crippen molar-refractivity contribution in [2.24, 2.45) is 0 Å². The van der Waals surface area contributed by atoms with Crippen LogP contribution < -0.4 is 4.74 Å². The standard InChI is InChI=1S/C15H11BrFNO/c16-13-7-12(8-14(17)9-13)10-19-15-3-1-11(2-4-15)5-6-18/h1-4,7-9H,5,10H2. The first-order valence-electron chi connectivity index (χ1n) is 5.71. The van der Waals surface area contributed by atoms with Gasteiger partial charge in [-0.1, -0.05) is 28.1 Å². The van der Waals surface area contributed by atoms with Gasteiger partial charge in [-0.2, -0.15) is 5.26 Å². The third-order valence-corrected chi connectivity index (χ3v) is 2.99. The monoisotopic (exact) mass is 319 g/mol. The molecule has 0 saturated heterocycles. The van der Waals surface area contributed by atoms with Gasteiger partial charge in [0.15, 0.2) is 0 Å². The van der Waals surface area contributed by atoms with Crippen LogP contribution in [0.4, 0.5) is 4.39 Å². The fourth-order valence-electron chi connectivity index (χ4n) is 1.66. The molecule has 4 heteroatoms. The SMILES string of the molecule is N#CCc1ccc(OCc2cc(F)cc(Br)c2)cc1. The number of ether oxygens (including phenoxy) is 1. The molecule has 0 radical (unpaired) electrons. The summed E-state index contributed by atoms with van der Waals surface area (Å²) in [6.45, 7) is 0.300. The first-order chi connectivity index (χ1) is 9.17. The van der Waals surface area contributed by atoms with Crippen LogP contribution in [0.2, 0.25) is 0 Å². The van der Waals surface area contributed by atoms with E-state index in [2.05, 4.69) is 22.0 Å². The van der Waals surface area contributed by atoms with Crippen molar-refractivity contribution >= 4 is 15.9 Å². The van der Waals surface area contributed by atoms with E-state index in [0.717, 1.165) is 11.1 Å². The molecule has 2 nitrogen and oxygen atoms in total. The van der Waals surface area contributed by atoms with Crippen LogP contribution in [0.1, 0.15) is 11.1 Å². The average molecular weight is 320 g/mol. The van der Waals surface area contributed by atoms with E-state index in [4.69, 9.17) is 10.00 Å². The molecular weight excluding hydrogens is 309 g/mol. The lowest BCUT2D eigenvalue weighted by Gasteiger charge is -2.07. The maximum Gasteiger partial charge on any atom is 0.124 e. The van der Waals surface area contributed by atoms with E-state index in [1.165, 1.54) is 12.1 Å². The molecule has 0 heterocycles. The van der Waals surface area contributed by atoms with Gasteiger partial charge in [-0.3, -0.25) is 0 Å². The van der Waals surface area contributed by atoms with Crippen molar-refractivity contribution in [3.63, 3.8) is 0 Å². The lowest BCUT2D eigenvalue weighted by atomic mass is 10.2. The predicted molar refractivity (Wildman–Crippen MR) is 74.2 cm³/mol. The molecular formula is C15H11BrFNO. The fourth-order valence-corrected chi connectivity index (χ4v) is 2.17. The summed E-state index contributed by atoms with van der Waals surface area (Å²) in [5.74, 6) is 0.402. The topological polar surface area (TPSA) is 33.0 Å². The van der Waals surface area contributed by atoms with Crippen molar-refractivity contribution in [3.05, 3.63) is 63.9 Å². The Hall–Kier alpha value is -1.86. The van der Waals surface area contributed by atoms with Crippen molar-refractivity contribution in [1.82, 2.24) is 0 Å². The van der Waals surface area contributed by atoms with Crippen molar-refractivity contribution in [3.8, 4) is 11.8 Å². The predicted octanol–water partition coefficient (Wildman–Crippen LogP) is 4.23. The Kier molecular flexibility index (Phi) is 4.53. The molecule has 0 bridgehead atoms. The summed E-state index contributed by atoms with van der Waals surface area (Å²) in [4.78, 5) is 0. The molecule has 2 rings (SSSR count). The van der Waals surface area contributed by atoms with Gasteiger partial charge in [0, 0.05) is 4.47 Å². The fraction of sp³-hybridized carbons (Fsp3) is 0.133. The zero-order valence-corrected chi connectivity index (χ0v) is 11.7. The van der Waals surface area contributed by atoms with E-state index >= 15 is 0 Å². The third-order valence-electron chi connectivity index (χ3n) is 2.53. The van der Waals surface area contributed by atoms with Gasteiger partial charge >= 0.3 is 0 Å². The van der Waals surface area contributed by atoms with Crippen molar-refractivity contribution in [2.75, 3.05) is 0 Å². The van der Waals surface area contributed by atoms with E-state index in [1.807, 2.05) is 18.2 Å². The molecule has 2 aromatic carbocycles. The molecule has 0 spiro atoms. The van der Waals surface area contributed by atoms with Gasteiger partial charge in [-0.05, 0) is 41.5 Å². The molecule has 2 aromatic rings. The molecule has 19 heavy (non-hydrogen) atoms. The molecule has 0 saturated carbocycles. The molecule has 0 N–H and O–H groups in total. The van der Waals surface area contributed by atoms with Crippen LogP contribution in [0.3, 0.4) is 0 Å². The number of nitrogens with zero attached hydrogens (tertiary/aromatic N) is 1. The summed E-state index contributed by atoms with van der Waals surface area (Å²) < 4.78 is 19.4. The van der Waals surface area contributed by atoms with Crippen LogP contribution in [0.25, 0.3) is 0 Å². The van der Waals surface area contributed by atoms with Crippen LogP contribution in [0.15, 0.2) is 46.9 Å². The highest BCUT2D eigenvalue weighted by atomic mass is 79.9. The normalized spacial score (nSPS) is 9.95. The molecule has 96 valence electrons. The summed E-state index contributed by atoms with van der Waals surface area (Å²) in [6, 6.07) is 14.0. The lowest BCUT2D eigenvalue weighted by Crippen LogP contribution is -1.96. The van der Waals surface area contributed by atoms with Gasteiger partial charge in [-0.25, -0.2) is 4.39 Å². The van der Waals surface area contributed by atoms with E-state index in [-0.39, 0.29) is 5.82 Å². The zero-order chi connectivity index (χ0) is 13.7.